The van der Waals surface area contributed by atoms with E-state index in [2.05, 4.69) is 18.7 Å². The van der Waals surface area contributed by atoms with Crippen LogP contribution in [0.4, 0.5) is 0 Å². The monoisotopic (exact) mass is 379 g/mol. The fourth-order valence-electron chi connectivity index (χ4n) is 3.50. The molecule has 27 heavy (non-hydrogen) atoms. The van der Waals surface area contributed by atoms with Gasteiger partial charge >= 0.3 is 0 Å². The third-order valence-electron chi connectivity index (χ3n) is 4.91. The lowest BCUT2D eigenvalue weighted by Crippen LogP contribution is -2.53. The van der Waals surface area contributed by atoms with Gasteiger partial charge < -0.3 is 24.8 Å². The van der Waals surface area contributed by atoms with Crippen LogP contribution in [0.3, 0.4) is 0 Å². The van der Waals surface area contributed by atoms with Gasteiger partial charge in [0.1, 0.15) is 0 Å². The highest BCUT2D eigenvalue weighted by atomic mass is 16.5. The Bertz CT molecular complexity index is 628. The van der Waals surface area contributed by atoms with Crippen molar-refractivity contribution in [1.82, 2.24) is 9.80 Å². The Labute approximate surface area is 162 Å². The summed E-state index contributed by atoms with van der Waals surface area (Å²) in [6.45, 7) is 7.89. The van der Waals surface area contributed by atoms with E-state index in [0.717, 1.165) is 31.6 Å². The molecule has 7 nitrogen and oxygen atoms in total. The van der Waals surface area contributed by atoms with E-state index >= 15 is 0 Å². The Hall–Kier alpha value is -1.99. The molecule has 0 aromatic heterocycles. The maximum absolute atomic E-state index is 12.5. The molecule has 0 bridgehead atoms. The Balaban J connectivity index is 1.99. The average Bonchev–Trinajstić information content (AvgIpc) is 2.66. The average molecular weight is 380 g/mol. The van der Waals surface area contributed by atoms with E-state index in [4.69, 9.17) is 19.9 Å². The minimum Gasteiger partial charge on any atom is -0.493 e. The lowest BCUT2D eigenvalue weighted by atomic mass is 10.0. The summed E-state index contributed by atoms with van der Waals surface area (Å²) in [5, 5.41) is 0. The van der Waals surface area contributed by atoms with Gasteiger partial charge in [-0.1, -0.05) is 19.9 Å². The normalized spacial score (nSPS) is 16.3. The minimum absolute atomic E-state index is 0.0621. The summed E-state index contributed by atoms with van der Waals surface area (Å²) in [6.07, 6.45) is 0.724. The summed E-state index contributed by atoms with van der Waals surface area (Å²) in [5.41, 5.74) is 7.09. The van der Waals surface area contributed by atoms with Crippen LogP contribution in [0.15, 0.2) is 12.1 Å². The van der Waals surface area contributed by atoms with Crippen LogP contribution in [0.25, 0.3) is 0 Å². The van der Waals surface area contributed by atoms with E-state index in [0.29, 0.717) is 36.3 Å². The molecule has 1 fully saturated rings. The van der Waals surface area contributed by atoms with Crippen molar-refractivity contribution in [3.8, 4) is 17.2 Å². The Morgan fingerprint density at radius 3 is 2.19 bits per heavy atom. The zero-order valence-electron chi connectivity index (χ0n) is 17.2. The van der Waals surface area contributed by atoms with Gasteiger partial charge in [-0.25, -0.2) is 0 Å². The van der Waals surface area contributed by atoms with Crippen molar-refractivity contribution in [3.63, 3.8) is 0 Å². The van der Waals surface area contributed by atoms with Gasteiger partial charge in [0, 0.05) is 38.3 Å². The first-order chi connectivity index (χ1) is 12.9. The molecule has 0 spiro atoms. The number of hydrogen-bond donors (Lipinski definition) is 1. The molecule has 1 aliphatic heterocycles. The SMILES string of the molecule is COc1ccc(CN2CCN(C(=O)[C@@H](N)CC(C)C)CC2)c(OC)c1OC. The van der Waals surface area contributed by atoms with Crippen LogP contribution in [0.1, 0.15) is 25.8 Å². The first-order valence-electron chi connectivity index (χ1n) is 9.45. The Morgan fingerprint density at radius 2 is 1.67 bits per heavy atom. The van der Waals surface area contributed by atoms with Crippen LogP contribution in [-0.4, -0.2) is 69.3 Å². The number of rotatable bonds is 8. The summed E-state index contributed by atoms with van der Waals surface area (Å²) in [5.74, 6) is 2.42. The van der Waals surface area contributed by atoms with Gasteiger partial charge in [-0.2, -0.15) is 0 Å². The number of carbonyl (C=O) groups excluding carboxylic acids is 1. The molecule has 2 N–H and O–H groups in total. The molecule has 2 rings (SSSR count). The van der Waals surface area contributed by atoms with Crippen molar-refractivity contribution in [2.24, 2.45) is 11.7 Å². The molecule has 0 saturated carbocycles. The highest BCUT2D eigenvalue weighted by Crippen LogP contribution is 2.40. The van der Waals surface area contributed by atoms with Crippen LogP contribution in [0, 0.1) is 5.92 Å². The second-order valence-electron chi connectivity index (χ2n) is 7.33. The van der Waals surface area contributed by atoms with Crippen molar-refractivity contribution in [3.05, 3.63) is 17.7 Å². The van der Waals surface area contributed by atoms with Gasteiger partial charge in [0.15, 0.2) is 11.5 Å². The maximum Gasteiger partial charge on any atom is 0.239 e. The highest BCUT2D eigenvalue weighted by molar-refractivity contribution is 5.81. The summed E-state index contributed by atoms with van der Waals surface area (Å²) in [4.78, 5) is 16.7. The Morgan fingerprint density at radius 1 is 1.04 bits per heavy atom. The molecule has 1 saturated heterocycles. The second-order valence-corrected chi connectivity index (χ2v) is 7.33. The van der Waals surface area contributed by atoms with E-state index in [-0.39, 0.29) is 5.91 Å². The molecule has 0 aliphatic carbocycles. The summed E-state index contributed by atoms with van der Waals surface area (Å²) in [6, 6.07) is 3.49. The van der Waals surface area contributed by atoms with Crippen LogP contribution >= 0.6 is 0 Å². The zero-order valence-corrected chi connectivity index (χ0v) is 17.2. The number of piperazine rings is 1. The predicted molar refractivity (Wildman–Crippen MR) is 105 cm³/mol. The van der Waals surface area contributed by atoms with Gasteiger partial charge in [0.25, 0.3) is 0 Å². The molecule has 0 radical (unpaired) electrons. The molecular weight excluding hydrogens is 346 g/mol. The molecule has 1 aromatic rings. The van der Waals surface area contributed by atoms with Crippen molar-refractivity contribution >= 4 is 5.91 Å². The molecule has 1 aromatic carbocycles. The largest absolute Gasteiger partial charge is 0.493 e. The third kappa shape index (κ3) is 5.26. The fraction of sp³-hybridized carbons (Fsp3) is 0.650. The second kappa shape index (κ2) is 9.80. The van der Waals surface area contributed by atoms with Crippen LogP contribution in [0.5, 0.6) is 17.2 Å². The van der Waals surface area contributed by atoms with Gasteiger partial charge in [-0.15, -0.1) is 0 Å². The lowest BCUT2D eigenvalue weighted by Gasteiger charge is -2.36. The minimum atomic E-state index is -0.400. The number of ether oxygens (including phenoxy) is 3. The molecule has 7 heteroatoms. The fourth-order valence-corrected chi connectivity index (χ4v) is 3.50. The molecule has 1 heterocycles. The molecule has 1 atom stereocenters. The highest BCUT2D eigenvalue weighted by Gasteiger charge is 2.26. The maximum atomic E-state index is 12.5. The van der Waals surface area contributed by atoms with Gasteiger partial charge in [0.2, 0.25) is 11.7 Å². The summed E-state index contributed by atoms with van der Waals surface area (Å²) >= 11 is 0. The van der Waals surface area contributed by atoms with Gasteiger partial charge in [-0.05, 0) is 18.4 Å². The molecular formula is C20H33N3O4. The number of carbonyl (C=O) groups is 1. The number of benzene rings is 1. The Kier molecular flexibility index (Phi) is 7.74. The third-order valence-corrected chi connectivity index (χ3v) is 4.91. The standard InChI is InChI=1S/C20H33N3O4/c1-14(2)12-16(21)20(24)23-10-8-22(9-11-23)13-15-6-7-17(25-3)19(27-5)18(15)26-4/h6-7,14,16H,8-13,21H2,1-5H3/t16-/m0/s1. The number of methoxy groups -OCH3 is 3. The van der Waals surface area contributed by atoms with Crippen molar-refractivity contribution in [2.45, 2.75) is 32.9 Å². The van der Waals surface area contributed by atoms with Gasteiger partial charge in [0.05, 0.1) is 27.4 Å². The number of hydrogen-bond acceptors (Lipinski definition) is 6. The quantitative estimate of drug-likeness (QED) is 0.741. The zero-order chi connectivity index (χ0) is 20.0. The van der Waals surface area contributed by atoms with E-state index in [9.17, 15) is 4.79 Å². The van der Waals surface area contributed by atoms with E-state index < -0.39 is 6.04 Å². The van der Waals surface area contributed by atoms with Crippen molar-refractivity contribution in [2.75, 3.05) is 47.5 Å². The predicted octanol–water partition coefficient (Wildman–Crippen LogP) is 1.73. The van der Waals surface area contributed by atoms with Gasteiger partial charge in [-0.3, -0.25) is 9.69 Å². The number of nitrogens with zero attached hydrogens (tertiary/aromatic N) is 2. The van der Waals surface area contributed by atoms with Crippen LogP contribution in [-0.2, 0) is 11.3 Å². The lowest BCUT2D eigenvalue weighted by molar-refractivity contribution is -0.134. The number of nitrogens with two attached hydrogens (primary N) is 1. The topological polar surface area (TPSA) is 77.3 Å². The van der Waals surface area contributed by atoms with Crippen LogP contribution < -0.4 is 19.9 Å². The summed E-state index contributed by atoms with van der Waals surface area (Å²) in [7, 11) is 4.85. The first-order valence-corrected chi connectivity index (χ1v) is 9.45. The number of amides is 1. The van der Waals surface area contributed by atoms with Crippen molar-refractivity contribution < 1.29 is 19.0 Å². The smallest absolute Gasteiger partial charge is 0.239 e. The molecule has 1 aliphatic rings. The summed E-state index contributed by atoms with van der Waals surface area (Å²) < 4.78 is 16.4. The van der Waals surface area contributed by atoms with E-state index in [1.807, 2.05) is 17.0 Å². The van der Waals surface area contributed by atoms with Crippen LogP contribution in [0.2, 0.25) is 0 Å². The van der Waals surface area contributed by atoms with E-state index in [1.165, 1.54) is 0 Å². The molecule has 0 unspecified atom stereocenters. The molecule has 1 amide bonds. The molecule has 152 valence electrons. The van der Waals surface area contributed by atoms with E-state index in [1.54, 1.807) is 21.3 Å². The van der Waals surface area contributed by atoms with Crippen molar-refractivity contribution in [1.29, 1.82) is 0 Å². The first kappa shape index (κ1) is 21.3.